The first kappa shape index (κ1) is 13.8. The summed E-state index contributed by atoms with van der Waals surface area (Å²) in [5.74, 6) is -0.0280. The number of hydrogen-bond donors (Lipinski definition) is 1. The summed E-state index contributed by atoms with van der Waals surface area (Å²) in [6.07, 6.45) is 1.93. The quantitative estimate of drug-likeness (QED) is 0.933. The van der Waals surface area contributed by atoms with E-state index in [2.05, 4.69) is 10.4 Å². The third-order valence-electron chi connectivity index (χ3n) is 3.17. The van der Waals surface area contributed by atoms with Crippen molar-refractivity contribution >= 4 is 17.2 Å². The van der Waals surface area contributed by atoms with Gasteiger partial charge in [-0.3, -0.25) is 9.48 Å². The van der Waals surface area contributed by atoms with Crippen LogP contribution in [-0.2, 0) is 6.54 Å². The van der Waals surface area contributed by atoms with Crippen molar-refractivity contribution in [3.63, 3.8) is 0 Å². The van der Waals surface area contributed by atoms with Gasteiger partial charge in [-0.1, -0.05) is 0 Å². The zero-order valence-electron chi connectivity index (χ0n) is 11.7. The van der Waals surface area contributed by atoms with Crippen molar-refractivity contribution in [3.8, 4) is 0 Å². The lowest BCUT2D eigenvalue weighted by atomic mass is 10.2. The van der Waals surface area contributed by atoms with Crippen LogP contribution in [0.15, 0.2) is 18.3 Å². The Morgan fingerprint density at radius 2 is 2.26 bits per heavy atom. The van der Waals surface area contributed by atoms with Crippen molar-refractivity contribution in [2.75, 3.05) is 0 Å². The highest BCUT2D eigenvalue weighted by Crippen LogP contribution is 2.21. The SMILES string of the molecule is CCn1ccc([C@@H](C)NC(=O)c2cc(C)c(C)s2)n1. The number of carbonyl (C=O) groups is 1. The molecule has 1 amide bonds. The first-order chi connectivity index (χ1) is 9.01. The Balaban J connectivity index is 2.06. The van der Waals surface area contributed by atoms with E-state index in [9.17, 15) is 4.79 Å². The highest BCUT2D eigenvalue weighted by atomic mass is 32.1. The third kappa shape index (κ3) is 3.04. The molecule has 2 rings (SSSR count). The zero-order valence-corrected chi connectivity index (χ0v) is 12.5. The maximum Gasteiger partial charge on any atom is 0.261 e. The van der Waals surface area contributed by atoms with Gasteiger partial charge in [-0.05, 0) is 45.4 Å². The number of nitrogens with one attached hydrogen (secondary N) is 1. The maximum atomic E-state index is 12.1. The summed E-state index contributed by atoms with van der Waals surface area (Å²) in [6, 6.07) is 3.80. The molecule has 0 radical (unpaired) electrons. The van der Waals surface area contributed by atoms with Crippen molar-refractivity contribution in [3.05, 3.63) is 39.3 Å². The van der Waals surface area contributed by atoms with E-state index in [1.54, 1.807) is 0 Å². The molecular formula is C14H19N3OS. The van der Waals surface area contributed by atoms with Gasteiger partial charge >= 0.3 is 0 Å². The summed E-state index contributed by atoms with van der Waals surface area (Å²) in [5.41, 5.74) is 2.05. The largest absolute Gasteiger partial charge is 0.343 e. The van der Waals surface area contributed by atoms with Gasteiger partial charge in [-0.15, -0.1) is 11.3 Å². The van der Waals surface area contributed by atoms with Gasteiger partial charge in [0.05, 0.1) is 16.6 Å². The van der Waals surface area contributed by atoms with E-state index in [-0.39, 0.29) is 11.9 Å². The molecule has 0 unspecified atom stereocenters. The van der Waals surface area contributed by atoms with Crippen LogP contribution in [0, 0.1) is 13.8 Å². The monoisotopic (exact) mass is 277 g/mol. The average Bonchev–Trinajstić information content (AvgIpc) is 2.97. The molecule has 19 heavy (non-hydrogen) atoms. The van der Waals surface area contributed by atoms with Crippen LogP contribution in [0.4, 0.5) is 0 Å². The topological polar surface area (TPSA) is 46.9 Å². The molecule has 2 aromatic rings. The predicted octanol–water partition coefficient (Wildman–Crippen LogP) is 3.07. The van der Waals surface area contributed by atoms with E-state index in [0.29, 0.717) is 0 Å². The Bertz CT molecular complexity index is 566. The second-order valence-electron chi connectivity index (χ2n) is 4.64. The van der Waals surface area contributed by atoms with Crippen LogP contribution in [0.5, 0.6) is 0 Å². The molecule has 5 heteroatoms. The van der Waals surface area contributed by atoms with Gasteiger partial charge in [0.2, 0.25) is 0 Å². The Morgan fingerprint density at radius 1 is 1.53 bits per heavy atom. The Kier molecular flexibility index (Phi) is 4.04. The molecule has 0 saturated carbocycles. The Morgan fingerprint density at radius 3 is 2.79 bits per heavy atom. The van der Waals surface area contributed by atoms with E-state index in [0.717, 1.165) is 22.7 Å². The van der Waals surface area contributed by atoms with E-state index < -0.39 is 0 Å². The summed E-state index contributed by atoms with van der Waals surface area (Å²) >= 11 is 1.53. The smallest absolute Gasteiger partial charge is 0.261 e. The van der Waals surface area contributed by atoms with E-state index in [4.69, 9.17) is 0 Å². The van der Waals surface area contributed by atoms with Gasteiger partial charge in [0.1, 0.15) is 0 Å². The van der Waals surface area contributed by atoms with Crippen molar-refractivity contribution < 1.29 is 4.79 Å². The van der Waals surface area contributed by atoms with Crippen LogP contribution in [0.1, 0.15) is 45.7 Å². The number of aromatic nitrogens is 2. The van der Waals surface area contributed by atoms with Gasteiger partial charge in [0.15, 0.2) is 0 Å². The highest BCUT2D eigenvalue weighted by Gasteiger charge is 2.15. The van der Waals surface area contributed by atoms with Crippen LogP contribution in [-0.4, -0.2) is 15.7 Å². The molecular weight excluding hydrogens is 258 g/mol. The lowest BCUT2D eigenvalue weighted by Gasteiger charge is -2.10. The summed E-state index contributed by atoms with van der Waals surface area (Å²) in [5, 5.41) is 7.39. The molecule has 102 valence electrons. The fourth-order valence-corrected chi connectivity index (χ4v) is 2.75. The van der Waals surface area contributed by atoms with Crippen LogP contribution < -0.4 is 5.32 Å². The van der Waals surface area contributed by atoms with E-state index in [1.807, 2.05) is 50.7 Å². The molecule has 1 atom stereocenters. The van der Waals surface area contributed by atoms with Crippen molar-refractivity contribution in [2.45, 2.75) is 40.3 Å². The predicted molar refractivity (Wildman–Crippen MR) is 77.6 cm³/mol. The second kappa shape index (κ2) is 5.57. The number of amides is 1. The molecule has 0 bridgehead atoms. The van der Waals surface area contributed by atoms with Crippen LogP contribution in [0.25, 0.3) is 0 Å². The molecule has 0 saturated heterocycles. The summed E-state index contributed by atoms with van der Waals surface area (Å²) < 4.78 is 1.86. The molecule has 0 spiro atoms. The van der Waals surface area contributed by atoms with Crippen LogP contribution in [0.3, 0.4) is 0 Å². The molecule has 0 aliphatic rings. The molecule has 0 fully saturated rings. The molecule has 0 aliphatic carbocycles. The lowest BCUT2D eigenvalue weighted by molar-refractivity contribution is 0.0943. The lowest BCUT2D eigenvalue weighted by Crippen LogP contribution is -2.26. The van der Waals surface area contributed by atoms with Crippen LogP contribution >= 0.6 is 11.3 Å². The van der Waals surface area contributed by atoms with E-state index >= 15 is 0 Å². The normalized spacial score (nSPS) is 12.4. The minimum atomic E-state index is -0.0805. The fraction of sp³-hybridized carbons (Fsp3) is 0.429. The van der Waals surface area contributed by atoms with Crippen molar-refractivity contribution in [2.24, 2.45) is 0 Å². The highest BCUT2D eigenvalue weighted by molar-refractivity contribution is 7.14. The fourth-order valence-electron chi connectivity index (χ4n) is 1.81. The number of nitrogens with zero attached hydrogens (tertiary/aromatic N) is 2. The first-order valence-electron chi connectivity index (χ1n) is 6.42. The van der Waals surface area contributed by atoms with Gasteiger partial charge in [-0.25, -0.2) is 0 Å². The summed E-state index contributed by atoms with van der Waals surface area (Å²) in [4.78, 5) is 14.1. The number of aryl methyl sites for hydroxylation is 3. The number of rotatable bonds is 4. The standard InChI is InChI=1S/C14H19N3OS/c1-5-17-7-6-12(16-17)10(3)15-14(18)13-8-9(2)11(4)19-13/h6-8,10H,5H2,1-4H3,(H,15,18)/t10-/m1/s1. The summed E-state index contributed by atoms with van der Waals surface area (Å²) in [6.45, 7) is 8.88. The van der Waals surface area contributed by atoms with Gasteiger partial charge in [0.25, 0.3) is 5.91 Å². The number of carbonyl (C=O) groups excluding carboxylic acids is 1. The van der Waals surface area contributed by atoms with Gasteiger partial charge < -0.3 is 5.32 Å². The summed E-state index contributed by atoms with van der Waals surface area (Å²) in [7, 11) is 0. The molecule has 0 aromatic carbocycles. The molecule has 2 aromatic heterocycles. The van der Waals surface area contributed by atoms with Crippen molar-refractivity contribution in [1.82, 2.24) is 15.1 Å². The molecule has 4 nitrogen and oxygen atoms in total. The molecule has 1 N–H and O–H groups in total. The van der Waals surface area contributed by atoms with Crippen LogP contribution in [0.2, 0.25) is 0 Å². The first-order valence-corrected chi connectivity index (χ1v) is 7.24. The maximum absolute atomic E-state index is 12.1. The third-order valence-corrected chi connectivity index (χ3v) is 4.32. The molecule has 0 aliphatic heterocycles. The zero-order chi connectivity index (χ0) is 14.0. The molecule has 2 heterocycles. The van der Waals surface area contributed by atoms with Gasteiger partial charge in [-0.2, -0.15) is 5.10 Å². The average molecular weight is 277 g/mol. The minimum Gasteiger partial charge on any atom is -0.343 e. The van der Waals surface area contributed by atoms with E-state index in [1.165, 1.54) is 16.2 Å². The Labute approximate surface area is 117 Å². The van der Waals surface area contributed by atoms with Crippen molar-refractivity contribution in [1.29, 1.82) is 0 Å². The van der Waals surface area contributed by atoms with Gasteiger partial charge in [0, 0.05) is 17.6 Å². The Hall–Kier alpha value is -1.62. The number of thiophene rings is 1. The minimum absolute atomic E-state index is 0.0280. The number of hydrogen-bond acceptors (Lipinski definition) is 3. The second-order valence-corrected chi connectivity index (χ2v) is 5.90.